The third-order valence-electron chi connectivity index (χ3n) is 4.40. The molecule has 3 rings (SSSR count). The molecular weight excluding hydrogens is 224 g/mol. The second-order valence-electron chi connectivity index (χ2n) is 5.44. The maximum Gasteiger partial charge on any atom is 0.230 e. The van der Waals surface area contributed by atoms with E-state index >= 15 is 0 Å². The summed E-state index contributed by atoms with van der Waals surface area (Å²) in [6.07, 6.45) is 1.16. The number of hydrogen-bond acceptors (Lipinski definition) is 2. The molecule has 0 saturated carbocycles. The zero-order valence-corrected chi connectivity index (χ0v) is 10.8. The number of likely N-dealkylation sites (tertiary alicyclic amines) is 1. The van der Waals surface area contributed by atoms with Crippen LogP contribution in [0.4, 0.5) is 0 Å². The smallest absolute Gasteiger partial charge is 0.230 e. The van der Waals surface area contributed by atoms with Crippen LogP contribution in [0.25, 0.3) is 0 Å². The van der Waals surface area contributed by atoms with Gasteiger partial charge in [-0.25, -0.2) is 0 Å². The first kappa shape index (κ1) is 11.7. The van der Waals surface area contributed by atoms with Gasteiger partial charge in [0.05, 0.1) is 5.92 Å². The molecule has 0 bridgehead atoms. The molecule has 96 valence electrons. The second-order valence-corrected chi connectivity index (χ2v) is 5.44. The SMILES string of the molecule is CC(C(=O)N1CC[C@H]2CNC[C@H]21)c1ccccc1. The van der Waals surface area contributed by atoms with Crippen molar-refractivity contribution < 1.29 is 4.79 Å². The lowest BCUT2D eigenvalue weighted by Crippen LogP contribution is -2.41. The molecule has 2 fully saturated rings. The topological polar surface area (TPSA) is 32.3 Å². The summed E-state index contributed by atoms with van der Waals surface area (Å²) in [5.74, 6) is 0.944. The highest BCUT2D eigenvalue weighted by molar-refractivity contribution is 5.84. The van der Waals surface area contributed by atoms with Crippen LogP contribution < -0.4 is 5.32 Å². The van der Waals surface area contributed by atoms with Crippen LogP contribution in [0, 0.1) is 5.92 Å². The van der Waals surface area contributed by atoms with Gasteiger partial charge >= 0.3 is 0 Å². The molecule has 1 amide bonds. The summed E-state index contributed by atoms with van der Waals surface area (Å²) in [6.45, 7) is 5.01. The van der Waals surface area contributed by atoms with Crippen molar-refractivity contribution >= 4 is 5.91 Å². The lowest BCUT2D eigenvalue weighted by atomic mass is 9.99. The van der Waals surface area contributed by atoms with E-state index in [1.165, 1.54) is 0 Å². The van der Waals surface area contributed by atoms with Gasteiger partial charge < -0.3 is 10.2 Å². The highest BCUT2D eigenvalue weighted by atomic mass is 16.2. The maximum absolute atomic E-state index is 12.6. The van der Waals surface area contributed by atoms with Gasteiger partial charge in [-0.15, -0.1) is 0 Å². The van der Waals surface area contributed by atoms with E-state index in [9.17, 15) is 4.79 Å². The summed E-state index contributed by atoms with van der Waals surface area (Å²) in [6, 6.07) is 10.5. The Morgan fingerprint density at radius 1 is 1.33 bits per heavy atom. The fourth-order valence-electron chi connectivity index (χ4n) is 3.26. The normalized spacial score (nSPS) is 28.2. The number of benzene rings is 1. The second kappa shape index (κ2) is 4.73. The zero-order valence-electron chi connectivity index (χ0n) is 10.8. The molecule has 18 heavy (non-hydrogen) atoms. The van der Waals surface area contributed by atoms with Crippen LogP contribution in [0.2, 0.25) is 0 Å². The van der Waals surface area contributed by atoms with Crippen LogP contribution >= 0.6 is 0 Å². The minimum absolute atomic E-state index is 0.0226. The number of carbonyl (C=O) groups excluding carboxylic acids is 1. The molecule has 1 aromatic carbocycles. The van der Waals surface area contributed by atoms with E-state index in [2.05, 4.69) is 10.2 Å². The lowest BCUT2D eigenvalue weighted by molar-refractivity contribution is -0.133. The molecule has 1 aromatic rings. The first-order valence-electron chi connectivity index (χ1n) is 6.83. The number of fused-ring (bicyclic) bond motifs is 1. The Morgan fingerprint density at radius 2 is 2.11 bits per heavy atom. The minimum Gasteiger partial charge on any atom is -0.338 e. The first-order chi connectivity index (χ1) is 8.77. The molecule has 0 aliphatic carbocycles. The van der Waals surface area contributed by atoms with Crippen LogP contribution in [-0.4, -0.2) is 36.5 Å². The Kier molecular flexibility index (Phi) is 3.08. The van der Waals surface area contributed by atoms with Crippen molar-refractivity contribution in [2.45, 2.75) is 25.3 Å². The number of amides is 1. The Morgan fingerprint density at radius 3 is 2.89 bits per heavy atom. The first-order valence-corrected chi connectivity index (χ1v) is 6.83. The highest BCUT2D eigenvalue weighted by Crippen LogP contribution is 2.30. The van der Waals surface area contributed by atoms with E-state index in [-0.39, 0.29) is 11.8 Å². The average molecular weight is 244 g/mol. The van der Waals surface area contributed by atoms with Crippen molar-refractivity contribution in [3.63, 3.8) is 0 Å². The monoisotopic (exact) mass is 244 g/mol. The minimum atomic E-state index is -0.0226. The lowest BCUT2D eigenvalue weighted by Gasteiger charge is -2.26. The van der Waals surface area contributed by atoms with Gasteiger partial charge in [-0.2, -0.15) is 0 Å². The summed E-state index contributed by atoms with van der Waals surface area (Å²) in [5, 5.41) is 3.39. The van der Waals surface area contributed by atoms with Gasteiger partial charge in [0.25, 0.3) is 0 Å². The summed E-state index contributed by atoms with van der Waals surface area (Å²) in [7, 11) is 0. The van der Waals surface area contributed by atoms with Crippen LogP contribution in [0.5, 0.6) is 0 Å². The average Bonchev–Trinajstić information content (AvgIpc) is 3.00. The molecule has 2 heterocycles. The number of rotatable bonds is 2. The van der Waals surface area contributed by atoms with E-state index in [0.717, 1.165) is 31.6 Å². The van der Waals surface area contributed by atoms with E-state index in [0.29, 0.717) is 12.0 Å². The van der Waals surface area contributed by atoms with Crippen molar-refractivity contribution in [2.75, 3.05) is 19.6 Å². The largest absolute Gasteiger partial charge is 0.338 e. The number of carbonyl (C=O) groups is 1. The summed E-state index contributed by atoms with van der Waals surface area (Å²) < 4.78 is 0. The Balaban J connectivity index is 1.75. The van der Waals surface area contributed by atoms with Crippen molar-refractivity contribution in [3.05, 3.63) is 35.9 Å². The van der Waals surface area contributed by atoms with Crippen molar-refractivity contribution in [3.8, 4) is 0 Å². The molecule has 3 heteroatoms. The van der Waals surface area contributed by atoms with Crippen LogP contribution in [0.3, 0.4) is 0 Å². The van der Waals surface area contributed by atoms with E-state index in [1.54, 1.807) is 0 Å². The van der Waals surface area contributed by atoms with Gasteiger partial charge in [0.15, 0.2) is 0 Å². The fourth-order valence-corrected chi connectivity index (χ4v) is 3.26. The Hall–Kier alpha value is -1.35. The predicted octanol–water partition coefficient (Wildman–Crippen LogP) is 1.61. The van der Waals surface area contributed by atoms with Gasteiger partial charge in [-0.05, 0) is 24.8 Å². The molecule has 3 atom stereocenters. The Bertz CT molecular complexity index is 431. The third kappa shape index (κ3) is 1.93. The van der Waals surface area contributed by atoms with E-state index in [1.807, 2.05) is 37.3 Å². The molecule has 2 aliphatic rings. The molecule has 3 nitrogen and oxygen atoms in total. The molecule has 0 spiro atoms. The van der Waals surface area contributed by atoms with Crippen LogP contribution in [0.1, 0.15) is 24.8 Å². The molecule has 1 N–H and O–H groups in total. The quantitative estimate of drug-likeness (QED) is 0.857. The van der Waals surface area contributed by atoms with Crippen molar-refractivity contribution in [2.24, 2.45) is 5.92 Å². The van der Waals surface area contributed by atoms with Crippen molar-refractivity contribution in [1.29, 1.82) is 0 Å². The van der Waals surface area contributed by atoms with Gasteiger partial charge in [0.2, 0.25) is 5.91 Å². The molecule has 0 aromatic heterocycles. The molecule has 2 saturated heterocycles. The number of hydrogen-bond donors (Lipinski definition) is 1. The van der Waals surface area contributed by atoms with Crippen molar-refractivity contribution in [1.82, 2.24) is 10.2 Å². The zero-order chi connectivity index (χ0) is 12.5. The highest BCUT2D eigenvalue weighted by Gasteiger charge is 2.40. The van der Waals surface area contributed by atoms with E-state index in [4.69, 9.17) is 0 Å². The summed E-state index contributed by atoms with van der Waals surface area (Å²) in [4.78, 5) is 14.7. The van der Waals surface area contributed by atoms with E-state index < -0.39 is 0 Å². The number of nitrogens with zero attached hydrogens (tertiary/aromatic N) is 1. The summed E-state index contributed by atoms with van der Waals surface area (Å²) in [5.41, 5.74) is 1.12. The van der Waals surface area contributed by atoms with Gasteiger partial charge in [-0.3, -0.25) is 4.79 Å². The molecule has 1 unspecified atom stereocenters. The molecular formula is C15H20N2O. The standard InChI is InChI=1S/C15H20N2O/c1-11(12-5-3-2-4-6-12)15(18)17-8-7-13-9-16-10-14(13)17/h2-6,11,13-14,16H,7-10H2,1H3/t11?,13-,14+/m0/s1. The molecule has 0 radical (unpaired) electrons. The fraction of sp³-hybridized carbons (Fsp3) is 0.533. The Labute approximate surface area is 108 Å². The van der Waals surface area contributed by atoms with Crippen LogP contribution in [-0.2, 0) is 4.79 Å². The predicted molar refractivity (Wildman–Crippen MR) is 71.3 cm³/mol. The van der Waals surface area contributed by atoms with Crippen LogP contribution in [0.15, 0.2) is 30.3 Å². The third-order valence-corrected chi connectivity index (χ3v) is 4.40. The summed E-state index contributed by atoms with van der Waals surface area (Å²) >= 11 is 0. The van der Waals surface area contributed by atoms with Gasteiger partial charge in [0, 0.05) is 25.7 Å². The number of nitrogens with one attached hydrogen (secondary N) is 1. The molecule has 2 aliphatic heterocycles. The van der Waals surface area contributed by atoms with Gasteiger partial charge in [-0.1, -0.05) is 30.3 Å². The maximum atomic E-state index is 12.6. The van der Waals surface area contributed by atoms with Gasteiger partial charge in [0.1, 0.15) is 0 Å².